The van der Waals surface area contributed by atoms with Gasteiger partial charge in [0.05, 0.1) is 10.7 Å². The van der Waals surface area contributed by atoms with Gasteiger partial charge in [-0.3, -0.25) is 0 Å². The van der Waals surface area contributed by atoms with Crippen LogP contribution in [0.4, 0.5) is 0 Å². The van der Waals surface area contributed by atoms with Crippen molar-refractivity contribution in [3.8, 4) is 0 Å². The fourth-order valence-electron chi connectivity index (χ4n) is 0.838. The Morgan fingerprint density at radius 2 is 1.91 bits per heavy atom. The van der Waals surface area contributed by atoms with E-state index in [-0.39, 0.29) is 0 Å². The quantitative estimate of drug-likeness (QED) is 0.617. The van der Waals surface area contributed by atoms with E-state index >= 15 is 0 Å². The maximum absolute atomic E-state index is 5.87. The normalized spacial score (nSPS) is 10.6. The molecule has 0 aliphatic carbocycles. The molecule has 3 heteroatoms. The lowest BCUT2D eigenvalue weighted by atomic mass is 10.1. The number of hydrogen-bond acceptors (Lipinski definition) is 1. The highest BCUT2D eigenvalue weighted by Crippen LogP contribution is 2.23. The van der Waals surface area contributed by atoms with Gasteiger partial charge in [0.25, 0.3) is 0 Å². The maximum atomic E-state index is 5.87. The van der Waals surface area contributed by atoms with Crippen LogP contribution in [0.15, 0.2) is 12.1 Å². The average Bonchev–Trinajstić information content (AvgIpc) is 1.94. The van der Waals surface area contributed by atoms with Crippen LogP contribution in [0, 0.1) is 0 Å². The molecule has 0 fully saturated rings. The summed E-state index contributed by atoms with van der Waals surface area (Å²) in [6.45, 7) is 4.06. The highest BCUT2D eigenvalue weighted by atomic mass is 35.5. The summed E-state index contributed by atoms with van der Waals surface area (Å²) in [5, 5.41) is 1.18. The molecule has 0 radical (unpaired) electrons. The van der Waals surface area contributed by atoms with E-state index in [1.54, 1.807) is 12.1 Å². The molecular weight excluding hydrogens is 181 g/mol. The van der Waals surface area contributed by atoms with Crippen molar-refractivity contribution in [1.29, 1.82) is 0 Å². The Kier molecular flexibility index (Phi) is 2.74. The van der Waals surface area contributed by atoms with Crippen LogP contribution in [-0.2, 0) is 0 Å². The molecule has 0 aliphatic rings. The molecular formula is C8H9Cl2N. The molecule has 60 valence electrons. The van der Waals surface area contributed by atoms with Crippen molar-refractivity contribution in [3.63, 3.8) is 0 Å². The van der Waals surface area contributed by atoms with Gasteiger partial charge in [-0.25, -0.2) is 4.98 Å². The molecule has 0 aliphatic heterocycles. The molecule has 0 saturated heterocycles. The van der Waals surface area contributed by atoms with Crippen molar-refractivity contribution in [3.05, 3.63) is 28.0 Å². The van der Waals surface area contributed by atoms with E-state index in [0.717, 1.165) is 5.69 Å². The van der Waals surface area contributed by atoms with Gasteiger partial charge in [-0.05, 0) is 18.1 Å². The summed E-state index contributed by atoms with van der Waals surface area (Å²) in [6, 6.07) is 3.46. The minimum Gasteiger partial charge on any atom is -0.239 e. The Hall–Kier alpha value is -0.270. The van der Waals surface area contributed by atoms with Gasteiger partial charge >= 0.3 is 0 Å². The Morgan fingerprint density at radius 3 is 2.36 bits per heavy atom. The minimum atomic E-state index is 0.321. The lowest BCUT2D eigenvalue weighted by Gasteiger charge is -2.05. The van der Waals surface area contributed by atoms with Crippen LogP contribution in [0.1, 0.15) is 25.5 Å². The molecule has 0 amide bonds. The number of rotatable bonds is 1. The first-order valence-corrected chi connectivity index (χ1v) is 4.19. The standard InChI is InChI=1S/C8H9Cl2N/c1-5(2)8-6(9)3-4-7(10)11-8/h3-5H,1-2H3. The van der Waals surface area contributed by atoms with E-state index in [1.165, 1.54) is 0 Å². The first-order chi connectivity index (χ1) is 5.11. The average molecular weight is 190 g/mol. The summed E-state index contributed by atoms with van der Waals surface area (Å²) >= 11 is 11.6. The van der Waals surface area contributed by atoms with Gasteiger partial charge in [0.1, 0.15) is 5.15 Å². The highest BCUT2D eigenvalue weighted by molar-refractivity contribution is 6.32. The number of pyridine rings is 1. The number of hydrogen-bond donors (Lipinski definition) is 0. The summed E-state index contributed by atoms with van der Waals surface area (Å²) in [7, 11) is 0. The van der Waals surface area contributed by atoms with Crippen LogP contribution in [-0.4, -0.2) is 4.98 Å². The smallest absolute Gasteiger partial charge is 0.129 e. The molecule has 0 aromatic carbocycles. The Bertz CT molecular complexity index is 258. The molecule has 11 heavy (non-hydrogen) atoms. The first-order valence-electron chi connectivity index (χ1n) is 3.43. The lowest BCUT2D eigenvalue weighted by Crippen LogP contribution is -1.93. The van der Waals surface area contributed by atoms with E-state index in [2.05, 4.69) is 4.98 Å². The van der Waals surface area contributed by atoms with Gasteiger partial charge in [-0.15, -0.1) is 0 Å². The molecule has 0 unspecified atom stereocenters. The summed E-state index contributed by atoms with van der Waals surface area (Å²) in [6.07, 6.45) is 0. The molecule has 1 nitrogen and oxygen atoms in total. The number of aromatic nitrogens is 1. The monoisotopic (exact) mass is 189 g/mol. The summed E-state index contributed by atoms with van der Waals surface area (Å²) in [5.41, 5.74) is 0.860. The molecule has 1 aromatic heterocycles. The second kappa shape index (κ2) is 3.42. The van der Waals surface area contributed by atoms with Crippen molar-refractivity contribution >= 4 is 23.2 Å². The molecule has 1 aromatic rings. The maximum Gasteiger partial charge on any atom is 0.129 e. The summed E-state index contributed by atoms with van der Waals surface area (Å²) in [4.78, 5) is 4.11. The Balaban J connectivity index is 3.13. The predicted molar refractivity (Wildman–Crippen MR) is 48.3 cm³/mol. The summed E-state index contributed by atoms with van der Waals surface area (Å²) < 4.78 is 0. The fraction of sp³-hybridized carbons (Fsp3) is 0.375. The van der Waals surface area contributed by atoms with Gasteiger partial charge in [0.15, 0.2) is 0 Å². The topological polar surface area (TPSA) is 12.9 Å². The van der Waals surface area contributed by atoms with E-state index in [9.17, 15) is 0 Å². The van der Waals surface area contributed by atoms with E-state index in [4.69, 9.17) is 23.2 Å². The van der Waals surface area contributed by atoms with Crippen LogP contribution in [0.3, 0.4) is 0 Å². The van der Waals surface area contributed by atoms with Crippen molar-refractivity contribution in [2.24, 2.45) is 0 Å². The van der Waals surface area contributed by atoms with Crippen LogP contribution >= 0.6 is 23.2 Å². The van der Waals surface area contributed by atoms with Gasteiger partial charge in [0.2, 0.25) is 0 Å². The van der Waals surface area contributed by atoms with Crippen LogP contribution in [0.5, 0.6) is 0 Å². The predicted octanol–water partition coefficient (Wildman–Crippen LogP) is 3.51. The third-order valence-electron chi connectivity index (χ3n) is 1.39. The van der Waals surface area contributed by atoms with Crippen molar-refractivity contribution < 1.29 is 0 Å². The zero-order chi connectivity index (χ0) is 8.43. The second-order valence-electron chi connectivity index (χ2n) is 2.66. The first kappa shape index (κ1) is 8.82. The van der Waals surface area contributed by atoms with Gasteiger partial charge in [-0.1, -0.05) is 37.0 Å². The van der Waals surface area contributed by atoms with E-state index in [1.807, 2.05) is 13.8 Å². The van der Waals surface area contributed by atoms with Crippen molar-refractivity contribution in [1.82, 2.24) is 4.98 Å². The third kappa shape index (κ3) is 2.08. The van der Waals surface area contributed by atoms with Gasteiger partial charge in [-0.2, -0.15) is 0 Å². The van der Waals surface area contributed by atoms with Gasteiger partial charge in [0, 0.05) is 0 Å². The Morgan fingerprint density at radius 1 is 1.27 bits per heavy atom. The third-order valence-corrected chi connectivity index (χ3v) is 1.92. The second-order valence-corrected chi connectivity index (χ2v) is 3.45. The zero-order valence-corrected chi connectivity index (χ0v) is 7.95. The lowest BCUT2D eigenvalue weighted by molar-refractivity contribution is 0.823. The van der Waals surface area contributed by atoms with Crippen molar-refractivity contribution in [2.75, 3.05) is 0 Å². The molecule has 0 bridgehead atoms. The van der Waals surface area contributed by atoms with Crippen molar-refractivity contribution in [2.45, 2.75) is 19.8 Å². The zero-order valence-electron chi connectivity index (χ0n) is 6.44. The molecule has 0 N–H and O–H groups in total. The fourth-order valence-corrected chi connectivity index (χ4v) is 1.32. The number of nitrogens with zero attached hydrogens (tertiary/aromatic N) is 1. The SMILES string of the molecule is CC(C)c1nc(Cl)ccc1Cl. The van der Waals surface area contributed by atoms with Crippen LogP contribution in [0.2, 0.25) is 10.2 Å². The molecule has 0 saturated carbocycles. The van der Waals surface area contributed by atoms with E-state index < -0.39 is 0 Å². The number of halogens is 2. The molecule has 0 atom stereocenters. The van der Waals surface area contributed by atoms with Gasteiger partial charge < -0.3 is 0 Å². The summed E-state index contributed by atoms with van der Waals surface area (Å²) in [5.74, 6) is 0.321. The van der Waals surface area contributed by atoms with E-state index in [0.29, 0.717) is 16.1 Å². The molecule has 0 spiro atoms. The minimum absolute atomic E-state index is 0.321. The largest absolute Gasteiger partial charge is 0.239 e. The highest BCUT2D eigenvalue weighted by Gasteiger charge is 2.06. The Labute approximate surface area is 76.4 Å². The molecule has 1 rings (SSSR count). The van der Waals surface area contributed by atoms with Crippen LogP contribution < -0.4 is 0 Å². The van der Waals surface area contributed by atoms with Crippen LogP contribution in [0.25, 0.3) is 0 Å². The molecule has 1 heterocycles.